The highest BCUT2D eigenvalue weighted by molar-refractivity contribution is 9.10. The van der Waals surface area contributed by atoms with Gasteiger partial charge in [-0.3, -0.25) is 4.98 Å². The van der Waals surface area contributed by atoms with Gasteiger partial charge in [-0.05, 0) is 53.2 Å². The maximum absolute atomic E-state index is 4.41. The SMILES string of the molecule is Brc1ccc(CC2CCCC2Br)nc1. The summed E-state index contributed by atoms with van der Waals surface area (Å²) in [7, 11) is 0. The van der Waals surface area contributed by atoms with Crippen LogP contribution in [-0.2, 0) is 6.42 Å². The summed E-state index contributed by atoms with van der Waals surface area (Å²) >= 11 is 7.14. The second-order valence-corrected chi connectivity index (χ2v) is 5.97. The van der Waals surface area contributed by atoms with E-state index in [4.69, 9.17) is 0 Å². The number of rotatable bonds is 2. The molecule has 0 aromatic carbocycles. The minimum absolute atomic E-state index is 0.702. The fourth-order valence-corrected chi connectivity index (χ4v) is 3.03. The van der Waals surface area contributed by atoms with Crippen LogP contribution < -0.4 is 0 Å². The van der Waals surface area contributed by atoms with Gasteiger partial charge in [0.05, 0.1) is 0 Å². The van der Waals surface area contributed by atoms with Crippen LogP contribution in [0.15, 0.2) is 22.8 Å². The molecule has 14 heavy (non-hydrogen) atoms. The second-order valence-electron chi connectivity index (χ2n) is 3.88. The molecule has 2 rings (SSSR count). The minimum atomic E-state index is 0.702. The van der Waals surface area contributed by atoms with Crippen LogP contribution in [0.5, 0.6) is 0 Å². The molecule has 1 saturated carbocycles. The Bertz CT molecular complexity index is 297. The monoisotopic (exact) mass is 317 g/mol. The number of aromatic nitrogens is 1. The summed E-state index contributed by atoms with van der Waals surface area (Å²) in [6.07, 6.45) is 7.02. The van der Waals surface area contributed by atoms with E-state index in [0.717, 1.165) is 16.8 Å². The standard InChI is InChI=1S/C11H13Br2N/c12-9-4-5-10(14-7-9)6-8-2-1-3-11(8)13/h4-5,7-8,11H,1-3,6H2. The van der Waals surface area contributed by atoms with Crippen molar-refractivity contribution in [3.63, 3.8) is 0 Å². The summed E-state index contributed by atoms with van der Waals surface area (Å²) < 4.78 is 1.06. The Hall–Kier alpha value is 0.110. The van der Waals surface area contributed by atoms with E-state index in [9.17, 15) is 0 Å². The summed E-state index contributed by atoms with van der Waals surface area (Å²) in [6, 6.07) is 4.18. The van der Waals surface area contributed by atoms with Crippen LogP contribution in [0.4, 0.5) is 0 Å². The normalized spacial score (nSPS) is 26.7. The maximum atomic E-state index is 4.41. The lowest BCUT2D eigenvalue weighted by Crippen LogP contribution is -2.10. The van der Waals surface area contributed by atoms with Crippen molar-refractivity contribution >= 4 is 31.9 Å². The van der Waals surface area contributed by atoms with Crippen LogP contribution in [0.25, 0.3) is 0 Å². The predicted octanol–water partition coefficient (Wildman–Crippen LogP) is 3.95. The molecule has 1 aromatic heterocycles. The summed E-state index contributed by atoms with van der Waals surface area (Å²) in [5.74, 6) is 0.781. The molecule has 2 atom stereocenters. The van der Waals surface area contributed by atoms with Gasteiger partial charge < -0.3 is 0 Å². The highest BCUT2D eigenvalue weighted by Crippen LogP contribution is 2.33. The number of hydrogen-bond acceptors (Lipinski definition) is 1. The fraction of sp³-hybridized carbons (Fsp3) is 0.545. The minimum Gasteiger partial charge on any atom is -0.260 e. The summed E-state index contributed by atoms with van der Waals surface area (Å²) in [5.41, 5.74) is 1.21. The average Bonchev–Trinajstić information content (AvgIpc) is 2.56. The smallest absolute Gasteiger partial charge is 0.0413 e. The fourth-order valence-electron chi connectivity index (χ4n) is 2.02. The van der Waals surface area contributed by atoms with E-state index in [-0.39, 0.29) is 0 Å². The van der Waals surface area contributed by atoms with Crippen molar-refractivity contribution in [2.45, 2.75) is 30.5 Å². The predicted molar refractivity (Wildman–Crippen MR) is 65.7 cm³/mol. The first kappa shape index (κ1) is 10.6. The van der Waals surface area contributed by atoms with Gasteiger partial charge in [0.1, 0.15) is 0 Å². The molecule has 1 fully saturated rings. The lowest BCUT2D eigenvalue weighted by atomic mass is 10.0. The van der Waals surface area contributed by atoms with Gasteiger partial charge in [-0.2, -0.15) is 0 Å². The first-order chi connectivity index (χ1) is 6.75. The molecule has 0 bridgehead atoms. The molecule has 2 unspecified atom stereocenters. The van der Waals surface area contributed by atoms with E-state index in [1.165, 1.54) is 25.0 Å². The molecular formula is C11H13Br2N. The Morgan fingerprint density at radius 3 is 2.79 bits per heavy atom. The van der Waals surface area contributed by atoms with E-state index in [0.29, 0.717) is 4.83 Å². The van der Waals surface area contributed by atoms with E-state index in [2.05, 4.69) is 49.0 Å². The van der Waals surface area contributed by atoms with Crippen molar-refractivity contribution < 1.29 is 0 Å². The summed E-state index contributed by atoms with van der Waals surface area (Å²) in [4.78, 5) is 5.11. The third-order valence-electron chi connectivity index (χ3n) is 2.83. The molecule has 0 N–H and O–H groups in total. The molecule has 0 saturated heterocycles. The zero-order valence-electron chi connectivity index (χ0n) is 7.92. The molecule has 1 aliphatic rings. The van der Waals surface area contributed by atoms with Gasteiger partial charge >= 0.3 is 0 Å². The maximum Gasteiger partial charge on any atom is 0.0413 e. The van der Waals surface area contributed by atoms with Gasteiger partial charge in [0.25, 0.3) is 0 Å². The molecule has 3 heteroatoms. The molecule has 0 amide bonds. The van der Waals surface area contributed by atoms with E-state index >= 15 is 0 Å². The highest BCUT2D eigenvalue weighted by atomic mass is 79.9. The van der Waals surface area contributed by atoms with Crippen LogP contribution >= 0.6 is 31.9 Å². The second kappa shape index (κ2) is 4.75. The quantitative estimate of drug-likeness (QED) is 0.752. The van der Waals surface area contributed by atoms with Crippen molar-refractivity contribution in [3.05, 3.63) is 28.5 Å². The van der Waals surface area contributed by atoms with Crippen LogP contribution in [0.2, 0.25) is 0 Å². The third kappa shape index (κ3) is 2.57. The Morgan fingerprint density at radius 1 is 1.36 bits per heavy atom. The van der Waals surface area contributed by atoms with Gasteiger partial charge in [0.15, 0.2) is 0 Å². The number of alkyl halides is 1. The van der Waals surface area contributed by atoms with Gasteiger partial charge in [-0.25, -0.2) is 0 Å². The summed E-state index contributed by atoms with van der Waals surface area (Å²) in [5, 5.41) is 0. The molecule has 76 valence electrons. The first-order valence-electron chi connectivity index (χ1n) is 5.00. The Balaban J connectivity index is 2.00. The Kier molecular flexibility index (Phi) is 3.61. The highest BCUT2D eigenvalue weighted by Gasteiger charge is 2.25. The van der Waals surface area contributed by atoms with E-state index in [1.807, 2.05) is 6.20 Å². The molecule has 1 nitrogen and oxygen atoms in total. The topological polar surface area (TPSA) is 12.9 Å². The molecule has 0 radical (unpaired) electrons. The number of halogens is 2. The molecular weight excluding hydrogens is 306 g/mol. The van der Waals surface area contributed by atoms with Crippen molar-refractivity contribution in [2.75, 3.05) is 0 Å². The molecule has 0 aliphatic heterocycles. The Morgan fingerprint density at radius 2 is 2.21 bits per heavy atom. The van der Waals surface area contributed by atoms with Gasteiger partial charge in [0, 0.05) is 21.2 Å². The molecule has 1 aromatic rings. The molecule has 1 heterocycles. The average molecular weight is 319 g/mol. The number of hydrogen-bond donors (Lipinski definition) is 0. The van der Waals surface area contributed by atoms with Gasteiger partial charge in [-0.15, -0.1) is 0 Å². The van der Waals surface area contributed by atoms with Crippen molar-refractivity contribution in [3.8, 4) is 0 Å². The van der Waals surface area contributed by atoms with E-state index in [1.54, 1.807) is 0 Å². The number of pyridine rings is 1. The van der Waals surface area contributed by atoms with Crippen LogP contribution in [0, 0.1) is 5.92 Å². The first-order valence-corrected chi connectivity index (χ1v) is 6.71. The van der Waals surface area contributed by atoms with Crippen LogP contribution in [0.3, 0.4) is 0 Å². The van der Waals surface area contributed by atoms with Crippen molar-refractivity contribution in [1.82, 2.24) is 4.98 Å². The van der Waals surface area contributed by atoms with Crippen molar-refractivity contribution in [2.24, 2.45) is 5.92 Å². The lowest BCUT2D eigenvalue weighted by Gasteiger charge is -2.12. The Labute approximate surface area is 102 Å². The van der Waals surface area contributed by atoms with Crippen LogP contribution in [0.1, 0.15) is 25.0 Å². The van der Waals surface area contributed by atoms with Gasteiger partial charge in [0.2, 0.25) is 0 Å². The zero-order valence-corrected chi connectivity index (χ0v) is 11.1. The van der Waals surface area contributed by atoms with Crippen molar-refractivity contribution in [1.29, 1.82) is 0 Å². The lowest BCUT2D eigenvalue weighted by molar-refractivity contribution is 0.555. The van der Waals surface area contributed by atoms with Crippen LogP contribution in [-0.4, -0.2) is 9.81 Å². The largest absolute Gasteiger partial charge is 0.260 e. The summed E-state index contributed by atoms with van der Waals surface area (Å²) in [6.45, 7) is 0. The van der Waals surface area contributed by atoms with E-state index < -0.39 is 0 Å². The van der Waals surface area contributed by atoms with Gasteiger partial charge in [-0.1, -0.05) is 22.4 Å². The molecule has 0 spiro atoms. The third-order valence-corrected chi connectivity index (χ3v) is 4.50. The zero-order chi connectivity index (χ0) is 9.97. The molecule has 1 aliphatic carbocycles. The number of nitrogens with zero attached hydrogens (tertiary/aromatic N) is 1.